The lowest BCUT2D eigenvalue weighted by atomic mass is 10.0. The van der Waals surface area contributed by atoms with Crippen LogP contribution >= 0.6 is 0 Å². The van der Waals surface area contributed by atoms with Crippen molar-refractivity contribution in [3.63, 3.8) is 0 Å². The summed E-state index contributed by atoms with van der Waals surface area (Å²) in [5.41, 5.74) is 2.37. The van der Waals surface area contributed by atoms with Gasteiger partial charge < -0.3 is 10.2 Å². The molecular weight excluding hydrogens is 407 g/mol. The fourth-order valence-corrected chi connectivity index (χ4v) is 4.07. The van der Waals surface area contributed by atoms with Crippen LogP contribution in [0.15, 0.2) is 41.3 Å². The standard InChI is InChI=1S/C24H25FN6O/c1-15-5-6-17(14-28-15)21-22(16-7-8-20(27-3)19(25)13-16)29-24(30(4)23(21)32)31-11-9-18(26-2)10-12-31/h5-8,13-14,18,26H,9-12H2,1-2,4H3. The molecule has 32 heavy (non-hydrogen) atoms. The van der Waals surface area contributed by atoms with E-state index in [2.05, 4.69) is 20.0 Å². The number of hydrogen-bond donors (Lipinski definition) is 1. The maximum Gasteiger partial charge on any atom is 0.263 e. The Bertz CT molecular complexity index is 1240. The molecule has 2 aromatic heterocycles. The van der Waals surface area contributed by atoms with E-state index in [4.69, 9.17) is 11.6 Å². The molecule has 4 rings (SSSR count). The molecule has 3 aromatic rings. The second-order valence-electron chi connectivity index (χ2n) is 8.02. The Labute approximate surface area is 186 Å². The van der Waals surface area contributed by atoms with Crippen LogP contribution in [0.2, 0.25) is 0 Å². The van der Waals surface area contributed by atoms with Crippen molar-refractivity contribution < 1.29 is 4.39 Å². The number of hydrogen-bond acceptors (Lipinski definition) is 5. The van der Waals surface area contributed by atoms with Gasteiger partial charge in [-0.2, -0.15) is 0 Å². The largest absolute Gasteiger partial charge is 0.342 e. The van der Waals surface area contributed by atoms with Crippen molar-refractivity contribution in [3.8, 4) is 22.4 Å². The normalized spacial score (nSPS) is 14.4. The van der Waals surface area contributed by atoms with E-state index in [0.29, 0.717) is 34.4 Å². The zero-order valence-corrected chi connectivity index (χ0v) is 18.4. The van der Waals surface area contributed by atoms with Crippen LogP contribution in [0.5, 0.6) is 0 Å². The molecule has 0 atom stereocenters. The van der Waals surface area contributed by atoms with Gasteiger partial charge in [-0.05, 0) is 38.9 Å². The predicted octanol–water partition coefficient (Wildman–Crippen LogP) is 3.70. The lowest BCUT2D eigenvalue weighted by Crippen LogP contribution is -2.43. The highest BCUT2D eigenvalue weighted by Gasteiger charge is 2.25. The molecule has 0 radical (unpaired) electrons. The summed E-state index contributed by atoms with van der Waals surface area (Å²) in [6.07, 6.45) is 3.53. The Morgan fingerprint density at radius 2 is 1.91 bits per heavy atom. The van der Waals surface area contributed by atoms with Gasteiger partial charge in [0.15, 0.2) is 0 Å². The quantitative estimate of drug-likeness (QED) is 0.637. The van der Waals surface area contributed by atoms with Crippen LogP contribution in [0.4, 0.5) is 16.0 Å². The fraction of sp³-hybridized carbons (Fsp3) is 0.333. The minimum Gasteiger partial charge on any atom is -0.342 e. The molecule has 1 aliphatic rings. The average Bonchev–Trinajstić information content (AvgIpc) is 2.81. The number of nitrogens with zero attached hydrogens (tertiary/aromatic N) is 5. The van der Waals surface area contributed by atoms with Gasteiger partial charge in [0.1, 0.15) is 5.82 Å². The van der Waals surface area contributed by atoms with Crippen molar-refractivity contribution in [3.05, 3.63) is 69.8 Å². The monoisotopic (exact) mass is 432 g/mol. The molecule has 1 fully saturated rings. The molecule has 7 nitrogen and oxygen atoms in total. The predicted molar refractivity (Wildman–Crippen MR) is 123 cm³/mol. The Hall–Kier alpha value is -3.57. The van der Waals surface area contributed by atoms with Gasteiger partial charge >= 0.3 is 0 Å². The van der Waals surface area contributed by atoms with Gasteiger partial charge in [0.2, 0.25) is 11.6 Å². The van der Waals surface area contributed by atoms with E-state index in [-0.39, 0.29) is 11.2 Å². The first-order valence-corrected chi connectivity index (χ1v) is 10.6. The Kier molecular flexibility index (Phi) is 6.01. The van der Waals surface area contributed by atoms with Crippen LogP contribution in [-0.2, 0) is 7.05 Å². The van der Waals surface area contributed by atoms with Crippen molar-refractivity contribution in [2.24, 2.45) is 7.05 Å². The second-order valence-corrected chi connectivity index (χ2v) is 8.02. The Morgan fingerprint density at radius 1 is 1.19 bits per heavy atom. The minimum atomic E-state index is -0.635. The molecule has 1 N–H and O–H groups in total. The fourth-order valence-electron chi connectivity index (χ4n) is 4.07. The summed E-state index contributed by atoms with van der Waals surface area (Å²) in [7, 11) is 3.67. The van der Waals surface area contributed by atoms with E-state index in [1.165, 1.54) is 12.1 Å². The molecule has 0 amide bonds. The minimum absolute atomic E-state index is 0.0644. The Morgan fingerprint density at radius 3 is 2.50 bits per heavy atom. The van der Waals surface area contributed by atoms with E-state index >= 15 is 0 Å². The summed E-state index contributed by atoms with van der Waals surface area (Å²) in [4.78, 5) is 28.0. The van der Waals surface area contributed by atoms with Crippen LogP contribution in [0.3, 0.4) is 0 Å². The number of nitrogens with one attached hydrogen (secondary N) is 1. The van der Waals surface area contributed by atoms with Crippen LogP contribution in [0, 0.1) is 19.3 Å². The van der Waals surface area contributed by atoms with Crippen molar-refractivity contribution in [2.45, 2.75) is 25.8 Å². The topological polar surface area (TPSA) is 67.4 Å². The molecular formula is C24H25FN6O. The van der Waals surface area contributed by atoms with Gasteiger partial charge in [-0.3, -0.25) is 14.3 Å². The smallest absolute Gasteiger partial charge is 0.263 e. The summed E-state index contributed by atoms with van der Waals surface area (Å²) in [6.45, 7) is 10.5. The SMILES string of the molecule is [C-]#[N+]c1ccc(-c2nc(N3CCC(NC)CC3)n(C)c(=O)c2-c2ccc(C)nc2)cc1F. The second kappa shape index (κ2) is 8.89. The molecule has 0 unspecified atom stereocenters. The highest BCUT2D eigenvalue weighted by Crippen LogP contribution is 2.32. The van der Waals surface area contributed by atoms with Gasteiger partial charge in [0.25, 0.3) is 5.56 Å². The number of aromatic nitrogens is 3. The summed E-state index contributed by atoms with van der Waals surface area (Å²) in [5.74, 6) is -0.0811. The third-order valence-electron chi connectivity index (χ3n) is 5.99. The molecule has 0 bridgehead atoms. The number of piperidine rings is 1. The Balaban J connectivity index is 1.91. The first kappa shape index (κ1) is 21.7. The summed E-state index contributed by atoms with van der Waals surface area (Å²) in [6, 6.07) is 8.43. The van der Waals surface area contributed by atoms with Gasteiger partial charge in [-0.1, -0.05) is 18.2 Å². The number of benzene rings is 1. The number of halogens is 1. The zero-order chi connectivity index (χ0) is 22.8. The van der Waals surface area contributed by atoms with E-state index in [1.807, 2.05) is 26.1 Å². The summed E-state index contributed by atoms with van der Waals surface area (Å²) in [5, 5.41) is 3.30. The molecule has 164 valence electrons. The average molecular weight is 433 g/mol. The molecule has 0 saturated carbocycles. The maximum atomic E-state index is 14.5. The highest BCUT2D eigenvalue weighted by molar-refractivity contribution is 5.81. The third-order valence-corrected chi connectivity index (χ3v) is 5.99. The van der Waals surface area contributed by atoms with Crippen LogP contribution in [-0.4, -0.2) is 40.7 Å². The highest BCUT2D eigenvalue weighted by atomic mass is 19.1. The van der Waals surface area contributed by atoms with Crippen LogP contribution < -0.4 is 15.8 Å². The number of aryl methyl sites for hydroxylation is 1. The first-order valence-electron chi connectivity index (χ1n) is 10.6. The van der Waals surface area contributed by atoms with E-state index in [9.17, 15) is 9.18 Å². The lowest BCUT2D eigenvalue weighted by molar-refractivity contribution is 0.435. The van der Waals surface area contributed by atoms with Crippen molar-refractivity contribution in [1.29, 1.82) is 0 Å². The molecule has 1 saturated heterocycles. The van der Waals surface area contributed by atoms with E-state index in [1.54, 1.807) is 23.9 Å². The van der Waals surface area contributed by atoms with Crippen molar-refractivity contribution >= 4 is 11.6 Å². The molecule has 3 heterocycles. The van der Waals surface area contributed by atoms with E-state index < -0.39 is 5.82 Å². The number of anilines is 1. The third kappa shape index (κ3) is 3.99. The number of pyridine rings is 1. The summed E-state index contributed by atoms with van der Waals surface area (Å²) >= 11 is 0. The van der Waals surface area contributed by atoms with Crippen LogP contribution in [0.25, 0.3) is 27.2 Å². The van der Waals surface area contributed by atoms with Gasteiger partial charge in [-0.15, -0.1) is 0 Å². The van der Waals surface area contributed by atoms with Crippen molar-refractivity contribution in [1.82, 2.24) is 19.9 Å². The number of rotatable bonds is 4. The molecule has 0 spiro atoms. The molecule has 1 aliphatic heterocycles. The van der Waals surface area contributed by atoms with Gasteiger partial charge in [0.05, 0.1) is 17.8 Å². The lowest BCUT2D eigenvalue weighted by Gasteiger charge is -2.33. The maximum absolute atomic E-state index is 14.5. The first-order chi connectivity index (χ1) is 15.4. The van der Waals surface area contributed by atoms with Crippen LogP contribution in [0.1, 0.15) is 18.5 Å². The van der Waals surface area contributed by atoms with Gasteiger partial charge in [0, 0.05) is 49.2 Å². The van der Waals surface area contributed by atoms with E-state index in [0.717, 1.165) is 31.6 Å². The zero-order valence-electron chi connectivity index (χ0n) is 18.4. The molecule has 1 aromatic carbocycles. The summed E-state index contributed by atoms with van der Waals surface area (Å²) < 4.78 is 16.0. The van der Waals surface area contributed by atoms with Crippen molar-refractivity contribution in [2.75, 3.05) is 25.0 Å². The molecule has 0 aliphatic carbocycles. The molecule has 8 heteroatoms. The van der Waals surface area contributed by atoms with Gasteiger partial charge in [-0.25, -0.2) is 14.2 Å².